The van der Waals surface area contributed by atoms with E-state index >= 15 is 0 Å². The molecule has 2 rings (SSSR count). The lowest BCUT2D eigenvalue weighted by Gasteiger charge is -2.28. The number of aliphatic carboxylic acids is 1. The second-order valence-corrected chi connectivity index (χ2v) is 5.14. The van der Waals surface area contributed by atoms with E-state index in [4.69, 9.17) is 5.11 Å². The lowest BCUT2D eigenvalue weighted by Crippen LogP contribution is -2.47. The minimum Gasteiger partial charge on any atom is -0.481 e. The van der Waals surface area contributed by atoms with Crippen molar-refractivity contribution in [2.75, 3.05) is 0 Å². The molecule has 1 saturated carbocycles. The minimum absolute atomic E-state index is 0.0134. The molecule has 6 heteroatoms. The maximum atomic E-state index is 13.1. The van der Waals surface area contributed by atoms with Crippen LogP contribution in [-0.4, -0.2) is 22.5 Å². The average Bonchev–Trinajstić information content (AvgIpc) is 2.79. The van der Waals surface area contributed by atoms with Crippen LogP contribution >= 0.6 is 0 Å². The molecule has 0 bridgehead atoms. The van der Waals surface area contributed by atoms with Crippen molar-refractivity contribution in [3.05, 3.63) is 35.4 Å². The Morgan fingerprint density at radius 3 is 2.40 bits per heavy atom. The zero-order valence-electron chi connectivity index (χ0n) is 10.8. The standard InChI is InChI=1S/C14H15F2NO3/c15-10-4-3-9(7-11(10)16)13(20)17-14(8-12(18)19)5-1-2-6-14/h3-4,7H,1-2,5-6,8H2,(H,17,20)(H,18,19). The Labute approximate surface area is 114 Å². The molecule has 1 aliphatic rings. The van der Waals surface area contributed by atoms with Crippen LogP contribution in [0.2, 0.25) is 0 Å². The van der Waals surface area contributed by atoms with Gasteiger partial charge in [0.2, 0.25) is 0 Å². The molecule has 1 fully saturated rings. The SMILES string of the molecule is O=C(O)CC1(NC(=O)c2ccc(F)c(F)c2)CCCC1. The van der Waals surface area contributed by atoms with Gasteiger partial charge in [0.05, 0.1) is 12.0 Å². The number of benzene rings is 1. The Hall–Kier alpha value is -1.98. The van der Waals surface area contributed by atoms with E-state index in [1.165, 1.54) is 6.07 Å². The van der Waals surface area contributed by atoms with E-state index in [-0.39, 0.29) is 12.0 Å². The summed E-state index contributed by atoms with van der Waals surface area (Å²) in [7, 11) is 0. The monoisotopic (exact) mass is 283 g/mol. The van der Waals surface area contributed by atoms with Crippen LogP contribution in [-0.2, 0) is 4.79 Å². The molecule has 1 aromatic rings. The van der Waals surface area contributed by atoms with Gasteiger partial charge in [-0.05, 0) is 31.0 Å². The van der Waals surface area contributed by atoms with Crippen LogP contribution in [0.15, 0.2) is 18.2 Å². The van der Waals surface area contributed by atoms with Crippen LogP contribution in [0.5, 0.6) is 0 Å². The van der Waals surface area contributed by atoms with Crippen LogP contribution in [0.25, 0.3) is 0 Å². The van der Waals surface area contributed by atoms with Gasteiger partial charge >= 0.3 is 5.97 Å². The fourth-order valence-corrected chi connectivity index (χ4v) is 2.64. The van der Waals surface area contributed by atoms with Crippen molar-refractivity contribution in [3.63, 3.8) is 0 Å². The van der Waals surface area contributed by atoms with Gasteiger partial charge in [0.15, 0.2) is 11.6 Å². The summed E-state index contributed by atoms with van der Waals surface area (Å²) in [6.07, 6.45) is 2.67. The number of carbonyl (C=O) groups excluding carboxylic acids is 1. The lowest BCUT2D eigenvalue weighted by atomic mass is 9.92. The summed E-state index contributed by atoms with van der Waals surface area (Å²) in [5.41, 5.74) is -0.797. The van der Waals surface area contributed by atoms with Gasteiger partial charge in [-0.2, -0.15) is 0 Å². The Bertz CT molecular complexity index is 539. The van der Waals surface area contributed by atoms with Crippen molar-refractivity contribution < 1.29 is 23.5 Å². The van der Waals surface area contributed by atoms with E-state index in [2.05, 4.69) is 5.32 Å². The lowest BCUT2D eigenvalue weighted by molar-refractivity contribution is -0.138. The van der Waals surface area contributed by atoms with Crippen molar-refractivity contribution >= 4 is 11.9 Å². The molecule has 0 saturated heterocycles. The maximum Gasteiger partial charge on any atom is 0.305 e. The van der Waals surface area contributed by atoms with E-state index < -0.39 is 29.0 Å². The quantitative estimate of drug-likeness (QED) is 0.892. The third kappa shape index (κ3) is 3.12. The smallest absolute Gasteiger partial charge is 0.305 e. The van der Waals surface area contributed by atoms with Gasteiger partial charge in [-0.25, -0.2) is 8.78 Å². The third-order valence-corrected chi connectivity index (χ3v) is 3.61. The van der Waals surface area contributed by atoms with E-state index in [9.17, 15) is 18.4 Å². The van der Waals surface area contributed by atoms with Gasteiger partial charge in [-0.3, -0.25) is 9.59 Å². The molecular weight excluding hydrogens is 268 g/mol. The Balaban J connectivity index is 2.16. The molecule has 108 valence electrons. The van der Waals surface area contributed by atoms with E-state index in [0.29, 0.717) is 12.8 Å². The molecule has 0 aliphatic heterocycles. The predicted molar refractivity (Wildman–Crippen MR) is 67.3 cm³/mol. The molecule has 0 unspecified atom stereocenters. The molecule has 1 amide bonds. The molecular formula is C14H15F2NO3. The average molecular weight is 283 g/mol. The van der Waals surface area contributed by atoms with Gasteiger partial charge in [-0.15, -0.1) is 0 Å². The fourth-order valence-electron chi connectivity index (χ4n) is 2.64. The number of rotatable bonds is 4. The predicted octanol–water partition coefficient (Wildman–Crippen LogP) is 2.48. The van der Waals surface area contributed by atoms with Crippen molar-refractivity contribution in [3.8, 4) is 0 Å². The molecule has 2 N–H and O–H groups in total. The molecule has 0 heterocycles. The number of hydrogen-bond acceptors (Lipinski definition) is 2. The highest BCUT2D eigenvalue weighted by atomic mass is 19.2. The highest BCUT2D eigenvalue weighted by Gasteiger charge is 2.37. The van der Waals surface area contributed by atoms with E-state index in [1.54, 1.807) is 0 Å². The molecule has 0 radical (unpaired) electrons. The third-order valence-electron chi connectivity index (χ3n) is 3.61. The van der Waals surface area contributed by atoms with Crippen LogP contribution in [0.4, 0.5) is 8.78 Å². The van der Waals surface area contributed by atoms with Crippen LogP contribution in [0.3, 0.4) is 0 Å². The summed E-state index contributed by atoms with van der Waals surface area (Å²) >= 11 is 0. The minimum atomic E-state index is -1.10. The Kier molecular flexibility index (Phi) is 4.01. The summed E-state index contributed by atoms with van der Waals surface area (Å²) in [4.78, 5) is 23.0. The molecule has 4 nitrogen and oxygen atoms in total. The van der Waals surface area contributed by atoms with Crippen LogP contribution in [0.1, 0.15) is 42.5 Å². The second kappa shape index (κ2) is 5.56. The molecule has 1 aromatic carbocycles. The van der Waals surface area contributed by atoms with Crippen molar-refractivity contribution in [2.24, 2.45) is 0 Å². The highest BCUT2D eigenvalue weighted by Crippen LogP contribution is 2.33. The second-order valence-electron chi connectivity index (χ2n) is 5.14. The van der Waals surface area contributed by atoms with E-state index in [0.717, 1.165) is 25.0 Å². The van der Waals surface area contributed by atoms with Crippen molar-refractivity contribution in [2.45, 2.75) is 37.6 Å². The van der Waals surface area contributed by atoms with E-state index in [1.807, 2.05) is 0 Å². The van der Waals surface area contributed by atoms with Crippen molar-refractivity contribution in [1.82, 2.24) is 5.32 Å². The first-order valence-corrected chi connectivity index (χ1v) is 6.41. The summed E-state index contributed by atoms with van der Waals surface area (Å²) in [5.74, 6) is -3.69. The summed E-state index contributed by atoms with van der Waals surface area (Å²) in [6.45, 7) is 0. The number of halogens is 2. The molecule has 0 spiro atoms. The molecule has 1 aliphatic carbocycles. The summed E-state index contributed by atoms with van der Waals surface area (Å²) in [5, 5.41) is 11.6. The summed E-state index contributed by atoms with van der Waals surface area (Å²) < 4.78 is 25.9. The van der Waals surface area contributed by atoms with Gasteiger partial charge in [0, 0.05) is 5.56 Å². The molecule has 20 heavy (non-hydrogen) atoms. The number of nitrogens with one attached hydrogen (secondary N) is 1. The molecule has 0 aromatic heterocycles. The first kappa shape index (κ1) is 14.4. The van der Waals surface area contributed by atoms with Crippen LogP contribution in [0, 0.1) is 11.6 Å². The number of carboxylic acid groups (broad SMARTS) is 1. The number of carboxylic acids is 1. The highest BCUT2D eigenvalue weighted by molar-refractivity contribution is 5.95. The van der Waals surface area contributed by atoms with Crippen molar-refractivity contribution in [1.29, 1.82) is 0 Å². The topological polar surface area (TPSA) is 66.4 Å². The first-order valence-electron chi connectivity index (χ1n) is 6.41. The normalized spacial score (nSPS) is 16.9. The Morgan fingerprint density at radius 1 is 1.20 bits per heavy atom. The van der Waals surface area contributed by atoms with Gasteiger partial charge in [0.25, 0.3) is 5.91 Å². The zero-order chi connectivity index (χ0) is 14.8. The first-order chi connectivity index (χ1) is 9.42. The molecule has 0 atom stereocenters. The zero-order valence-corrected chi connectivity index (χ0v) is 10.8. The Morgan fingerprint density at radius 2 is 1.85 bits per heavy atom. The number of hydrogen-bond donors (Lipinski definition) is 2. The fraction of sp³-hybridized carbons (Fsp3) is 0.429. The number of carbonyl (C=O) groups is 2. The van der Waals surface area contributed by atoms with Gasteiger partial charge in [-0.1, -0.05) is 12.8 Å². The summed E-state index contributed by atoms with van der Waals surface area (Å²) in [6, 6.07) is 2.87. The van der Waals surface area contributed by atoms with Gasteiger partial charge in [0.1, 0.15) is 0 Å². The maximum absolute atomic E-state index is 13.1. The van der Waals surface area contributed by atoms with Gasteiger partial charge < -0.3 is 10.4 Å². The van der Waals surface area contributed by atoms with Crippen LogP contribution < -0.4 is 5.32 Å². The largest absolute Gasteiger partial charge is 0.481 e. The number of amides is 1.